The van der Waals surface area contributed by atoms with Crippen molar-refractivity contribution >= 4 is 23.6 Å². The minimum atomic E-state index is -2.73. The smallest absolute Gasteiger partial charge is 0.255 e. The fourth-order valence-electron chi connectivity index (χ4n) is 6.31. The largest absolute Gasteiger partial charge is 0.336 e. The third kappa shape index (κ3) is 5.47. The molecule has 0 radical (unpaired) electrons. The average Bonchev–Trinajstić information content (AvgIpc) is 3.42. The Hall–Kier alpha value is -5.00. The highest BCUT2D eigenvalue weighted by molar-refractivity contribution is 6.06. The zero-order chi connectivity index (χ0) is 35.6. The van der Waals surface area contributed by atoms with Crippen LogP contribution in [0, 0.1) is 58.2 Å². The van der Waals surface area contributed by atoms with Gasteiger partial charge in [-0.1, -0.05) is 0 Å². The summed E-state index contributed by atoms with van der Waals surface area (Å²) in [7, 11) is 0. The molecule has 1 atom stereocenters. The molecular weight excluding hydrogens is 682 g/mol. The number of rotatable bonds is 5. The number of amides is 4. The Morgan fingerprint density at radius 1 is 0.694 bits per heavy atom. The van der Waals surface area contributed by atoms with Crippen LogP contribution in [0.5, 0.6) is 0 Å². The molecule has 3 aliphatic heterocycles. The quantitative estimate of drug-likeness (QED) is 0.185. The predicted octanol–water partition coefficient (Wildman–Crippen LogP) is 4.39. The second-order valence-corrected chi connectivity index (χ2v) is 11.5. The molecule has 49 heavy (non-hydrogen) atoms. The summed E-state index contributed by atoms with van der Waals surface area (Å²) in [6.07, 6.45) is 0.110. The van der Waals surface area contributed by atoms with Gasteiger partial charge >= 0.3 is 0 Å². The van der Waals surface area contributed by atoms with Crippen molar-refractivity contribution in [3.8, 4) is 0 Å². The lowest BCUT2D eigenvalue weighted by atomic mass is 9.93. The molecule has 0 aliphatic carbocycles. The van der Waals surface area contributed by atoms with Crippen LogP contribution in [-0.4, -0.2) is 70.5 Å². The molecule has 3 aromatic rings. The molecule has 0 saturated carbocycles. The van der Waals surface area contributed by atoms with E-state index in [-0.39, 0.29) is 30.5 Å². The Morgan fingerprint density at radius 3 is 1.67 bits per heavy atom. The first kappa shape index (κ1) is 33.9. The minimum absolute atomic E-state index is 0.0156. The molecule has 18 heteroatoms. The Kier molecular flexibility index (Phi) is 8.62. The summed E-state index contributed by atoms with van der Waals surface area (Å²) in [5.74, 6) is -27.9. The average molecular weight is 703 g/mol. The van der Waals surface area contributed by atoms with E-state index < -0.39 is 131 Å². The number of carbonyl (C=O) groups excluding carboxylic acids is 4. The molecule has 4 amide bonds. The molecule has 1 unspecified atom stereocenters. The summed E-state index contributed by atoms with van der Waals surface area (Å²) < 4.78 is 145. The molecule has 0 spiro atoms. The van der Waals surface area contributed by atoms with E-state index in [1.54, 1.807) is 0 Å². The Labute approximate surface area is 268 Å². The number of benzene rings is 3. The lowest BCUT2D eigenvalue weighted by Crippen LogP contribution is -2.52. The van der Waals surface area contributed by atoms with Gasteiger partial charge in [0.2, 0.25) is 23.4 Å². The molecule has 258 valence electrons. The number of fused-ring (bicyclic) bond motifs is 1. The summed E-state index contributed by atoms with van der Waals surface area (Å²) in [6.45, 7) is -2.12. The summed E-state index contributed by atoms with van der Waals surface area (Å²) in [5.41, 5.74) is -3.15. The van der Waals surface area contributed by atoms with E-state index in [1.165, 1.54) is 23.1 Å². The number of piperidine rings is 1. The normalized spacial score (nSPS) is 18.4. The van der Waals surface area contributed by atoms with Crippen molar-refractivity contribution in [2.75, 3.05) is 26.2 Å². The fourth-order valence-corrected chi connectivity index (χ4v) is 6.31. The van der Waals surface area contributed by atoms with Crippen LogP contribution in [0.1, 0.15) is 56.3 Å². The Bertz CT molecular complexity index is 1840. The van der Waals surface area contributed by atoms with Crippen molar-refractivity contribution < 1.29 is 63.1 Å². The van der Waals surface area contributed by atoms with Gasteiger partial charge in [0.1, 0.15) is 6.04 Å². The van der Waals surface area contributed by atoms with Crippen LogP contribution in [0.4, 0.5) is 43.9 Å². The maximum absolute atomic E-state index is 15.0. The molecule has 6 rings (SSSR count). The number of hydrogen-bond donors (Lipinski definition) is 1. The van der Waals surface area contributed by atoms with Crippen molar-refractivity contribution in [3.63, 3.8) is 0 Å². The van der Waals surface area contributed by atoms with E-state index in [4.69, 9.17) is 0 Å². The van der Waals surface area contributed by atoms with Crippen molar-refractivity contribution in [1.29, 1.82) is 0 Å². The van der Waals surface area contributed by atoms with Crippen LogP contribution < -0.4 is 5.32 Å². The third-order valence-corrected chi connectivity index (χ3v) is 8.77. The monoisotopic (exact) mass is 702 g/mol. The lowest BCUT2D eigenvalue weighted by Gasteiger charge is -2.40. The molecule has 3 aromatic carbocycles. The van der Waals surface area contributed by atoms with Gasteiger partial charge in [0.15, 0.2) is 46.5 Å². The van der Waals surface area contributed by atoms with Gasteiger partial charge in [-0.3, -0.25) is 29.4 Å². The van der Waals surface area contributed by atoms with Crippen LogP contribution >= 0.6 is 0 Å². The van der Waals surface area contributed by atoms with Crippen molar-refractivity contribution in [2.45, 2.75) is 31.5 Å². The van der Waals surface area contributed by atoms with Crippen LogP contribution in [0.2, 0.25) is 0 Å². The number of hydrogen-bond acceptors (Lipinski definition) is 5. The van der Waals surface area contributed by atoms with E-state index in [0.29, 0.717) is 10.5 Å². The van der Waals surface area contributed by atoms with Crippen molar-refractivity contribution in [2.24, 2.45) is 0 Å². The van der Waals surface area contributed by atoms with Crippen LogP contribution in [0.15, 0.2) is 18.2 Å². The van der Waals surface area contributed by atoms with Crippen LogP contribution in [0.25, 0.3) is 0 Å². The topological polar surface area (TPSA) is 90.0 Å². The van der Waals surface area contributed by atoms with Crippen LogP contribution in [0.3, 0.4) is 0 Å². The minimum Gasteiger partial charge on any atom is -0.336 e. The molecule has 1 N–H and O–H groups in total. The lowest BCUT2D eigenvalue weighted by molar-refractivity contribution is -0.136. The number of piperazine rings is 1. The van der Waals surface area contributed by atoms with Gasteiger partial charge in [0.05, 0.1) is 17.2 Å². The van der Waals surface area contributed by atoms with E-state index in [9.17, 15) is 45.5 Å². The molecule has 2 fully saturated rings. The molecule has 0 bridgehead atoms. The first-order chi connectivity index (χ1) is 23.1. The standard InChI is InChI=1S/C31H20F10N4O4/c32-18-16(19(33)23(37)26(40)22(18)36)28(17-20(34)24(38)27(41)25(39)21(17)35)43-5-7-44(8-6-43)30(48)11-1-2-13-12(9-11)10-45(31(13)49)14-3-4-15(46)42-29(14)47/h1-2,9,14,28H,3-8,10H2,(H,42,46,47). The Morgan fingerprint density at radius 2 is 1.18 bits per heavy atom. The second-order valence-electron chi connectivity index (χ2n) is 11.5. The van der Waals surface area contributed by atoms with Crippen molar-refractivity contribution in [3.05, 3.63) is 104 Å². The maximum Gasteiger partial charge on any atom is 0.255 e. The second kappa shape index (κ2) is 12.5. The molecular formula is C31H20F10N4O4. The SMILES string of the molecule is O=C1CCC(N2Cc3cc(C(=O)N4CCN(C(c5c(F)c(F)c(F)c(F)c5F)c5c(F)c(F)c(F)c(F)c5F)CC4)ccc3C2=O)C(=O)N1. The van der Waals surface area contributed by atoms with Gasteiger partial charge in [0, 0.05) is 50.3 Å². The highest BCUT2D eigenvalue weighted by Gasteiger charge is 2.42. The van der Waals surface area contributed by atoms with Gasteiger partial charge < -0.3 is 9.80 Å². The predicted molar refractivity (Wildman–Crippen MR) is 144 cm³/mol. The van der Waals surface area contributed by atoms with Gasteiger partial charge in [-0.2, -0.15) is 0 Å². The fraction of sp³-hybridized carbons (Fsp3) is 0.290. The number of carbonyl (C=O) groups is 4. The summed E-state index contributed by atoms with van der Waals surface area (Å²) in [6, 6.07) is 0.366. The number of nitrogens with one attached hydrogen (secondary N) is 1. The van der Waals surface area contributed by atoms with Gasteiger partial charge in [0.25, 0.3) is 11.8 Å². The first-order valence-corrected chi connectivity index (χ1v) is 14.5. The van der Waals surface area contributed by atoms with E-state index >= 15 is 17.6 Å². The molecule has 3 heterocycles. The van der Waals surface area contributed by atoms with Crippen LogP contribution in [-0.2, 0) is 16.1 Å². The number of imide groups is 1. The van der Waals surface area contributed by atoms with E-state index in [1.807, 2.05) is 0 Å². The summed E-state index contributed by atoms with van der Waals surface area (Å²) in [4.78, 5) is 53.3. The molecule has 3 aliphatic rings. The summed E-state index contributed by atoms with van der Waals surface area (Å²) in [5, 5.41) is 2.16. The zero-order valence-corrected chi connectivity index (χ0v) is 24.6. The van der Waals surface area contributed by atoms with Crippen molar-refractivity contribution in [1.82, 2.24) is 20.0 Å². The molecule has 2 saturated heterocycles. The zero-order valence-electron chi connectivity index (χ0n) is 24.6. The highest BCUT2D eigenvalue weighted by atomic mass is 19.2. The third-order valence-electron chi connectivity index (χ3n) is 8.77. The van der Waals surface area contributed by atoms with Gasteiger partial charge in [-0.15, -0.1) is 0 Å². The highest BCUT2D eigenvalue weighted by Crippen LogP contribution is 2.40. The van der Waals surface area contributed by atoms with E-state index in [2.05, 4.69) is 5.32 Å². The Balaban J connectivity index is 1.28. The van der Waals surface area contributed by atoms with E-state index in [0.717, 1.165) is 4.90 Å². The number of nitrogens with zero attached hydrogens (tertiary/aromatic N) is 3. The molecule has 8 nitrogen and oxygen atoms in total. The molecule has 0 aromatic heterocycles. The summed E-state index contributed by atoms with van der Waals surface area (Å²) >= 11 is 0. The van der Waals surface area contributed by atoms with Gasteiger partial charge in [-0.05, 0) is 30.2 Å². The first-order valence-electron chi connectivity index (χ1n) is 14.5. The van der Waals surface area contributed by atoms with Gasteiger partial charge in [-0.25, -0.2) is 43.9 Å². The maximum atomic E-state index is 15.0. The number of halogens is 10.